The van der Waals surface area contributed by atoms with Crippen molar-refractivity contribution >= 4 is 29.1 Å². The van der Waals surface area contributed by atoms with E-state index in [0.29, 0.717) is 16.5 Å². The predicted octanol–water partition coefficient (Wildman–Crippen LogP) is 4.67. The minimum atomic E-state index is -0.107. The topological polar surface area (TPSA) is 29.1 Å². The Bertz CT molecular complexity index is 654. The van der Waals surface area contributed by atoms with Crippen LogP contribution < -0.4 is 5.32 Å². The summed E-state index contributed by atoms with van der Waals surface area (Å²) in [6.07, 6.45) is 2.07. The molecule has 21 heavy (non-hydrogen) atoms. The molecule has 2 aromatic rings. The summed E-state index contributed by atoms with van der Waals surface area (Å²) in [5.41, 5.74) is 1.75. The van der Waals surface area contributed by atoms with Crippen molar-refractivity contribution in [3.05, 3.63) is 69.7 Å². The average Bonchev–Trinajstić information content (AvgIpc) is 2.46. The Morgan fingerprint density at radius 2 is 1.71 bits per heavy atom. The monoisotopic (exact) mass is 319 g/mol. The van der Waals surface area contributed by atoms with Crippen molar-refractivity contribution in [2.45, 2.75) is 24.8 Å². The van der Waals surface area contributed by atoms with Gasteiger partial charge in [0, 0.05) is 17.0 Å². The molecule has 0 radical (unpaired) electrons. The highest BCUT2D eigenvalue weighted by atomic mass is 35.5. The van der Waals surface area contributed by atoms with Crippen LogP contribution in [0.15, 0.2) is 48.5 Å². The molecule has 1 fully saturated rings. The van der Waals surface area contributed by atoms with E-state index in [-0.39, 0.29) is 11.9 Å². The fourth-order valence-electron chi connectivity index (χ4n) is 2.67. The summed E-state index contributed by atoms with van der Waals surface area (Å²) in [4.78, 5) is 12.3. The summed E-state index contributed by atoms with van der Waals surface area (Å²) in [6.45, 7) is 0. The second-order valence-corrected chi connectivity index (χ2v) is 6.14. The van der Waals surface area contributed by atoms with Crippen LogP contribution in [0, 0.1) is 0 Å². The van der Waals surface area contributed by atoms with Crippen molar-refractivity contribution in [2.75, 3.05) is 0 Å². The Balaban J connectivity index is 1.70. The molecular weight excluding hydrogens is 305 g/mol. The minimum absolute atomic E-state index is 0.107. The highest BCUT2D eigenvalue weighted by Crippen LogP contribution is 2.37. The highest BCUT2D eigenvalue weighted by molar-refractivity contribution is 6.33. The van der Waals surface area contributed by atoms with Crippen molar-refractivity contribution in [3.8, 4) is 0 Å². The molecular formula is C17H15Cl2NO. The van der Waals surface area contributed by atoms with Crippen LogP contribution >= 0.6 is 23.2 Å². The molecule has 0 aromatic heterocycles. The van der Waals surface area contributed by atoms with Gasteiger partial charge in [0.25, 0.3) is 5.91 Å². The molecule has 0 heterocycles. The number of hydrogen-bond donors (Lipinski definition) is 1. The Morgan fingerprint density at radius 1 is 1.00 bits per heavy atom. The van der Waals surface area contributed by atoms with E-state index in [1.165, 1.54) is 5.56 Å². The Kier molecular flexibility index (Phi) is 4.18. The molecule has 0 saturated heterocycles. The van der Waals surface area contributed by atoms with E-state index in [4.69, 9.17) is 23.2 Å². The lowest BCUT2D eigenvalue weighted by molar-refractivity contribution is 0.0905. The molecule has 0 unspecified atom stereocenters. The summed E-state index contributed by atoms with van der Waals surface area (Å²) in [7, 11) is 0. The first-order chi connectivity index (χ1) is 10.1. The molecule has 4 heteroatoms. The maximum absolute atomic E-state index is 12.3. The zero-order valence-corrected chi connectivity index (χ0v) is 12.9. The van der Waals surface area contributed by atoms with Crippen LogP contribution in [-0.4, -0.2) is 11.9 Å². The number of benzene rings is 2. The lowest BCUT2D eigenvalue weighted by Crippen LogP contribution is -2.45. The van der Waals surface area contributed by atoms with E-state index >= 15 is 0 Å². The molecule has 1 N–H and O–H groups in total. The van der Waals surface area contributed by atoms with Crippen LogP contribution in [0.3, 0.4) is 0 Å². The SMILES string of the molecule is O=C(N[C@H]1CC[C@H]1c1ccc(Cl)cc1)c1ccccc1Cl. The molecule has 1 saturated carbocycles. The first kappa shape index (κ1) is 14.4. The van der Waals surface area contributed by atoms with Gasteiger partial charge in [-0.1, -0.05) is 47.5 Å². The van der Waals surface area contributed by atoms with Crippen LogP contribution in [0.25, 0.3) is 0 Å². The van der Waals surface area contributed by atoms with Gasteiger partial charge in [0.05, 0.1) is 10.6 Å². The summed E-state index contributed by atoms with van der Waals surface area (Å²) < 4.78 is 0. The zero-order chi connectivity index (χ0) is 14.8. The van der Waals surface area contributed by atoms with E-state index in [9.17, 15) is 4.79 Å². The van der Waals surface area contributed by atoms with Gasteiger partial charge in [-0.25, -0.2) is 0 Å². The van der Waals surface area contributed by atoms with Crippen molar-refractivity contribution in [3.63, 3.8) is 0 Å². The summed E-state index contributed by atoms with van der Waals surface area (Å²) >= 11 is 12.0. The number of carbonyl (C=O) groups is 1. The van der Waals surface area contributed by atoms with Gasteiger partial charge in [-0.3, -0.25) is 4.79 Å². The molecule has 1 amide bonds. The standard InChI is InChI=1S/C17H15Cl2NO/c18-12-7-5-11(6-8-12)13-9-10-16(13)20-17(21)14-3-1-2-4-15(14)19/h1-8,13,16H,9-10H2,(H,20,21)/t13-,16-/m0/s1. The molecule has 2 atom stereocenters. The number of nitrogens with one attached hydrogen (secondary N) is 1. The maximum atomic E-state index is 12.3. The molecule has 0 aliphatic heterocycles. The average molecular weight is 320 g/mol. The molecule has 0 bridgehead atoms. The molecule has 1 aliphatic rings. The fraction of sp³-hybridized carbons (Fsp3) is 0.235. The summed E-state index contributed by atoms with van der Waals surface area (Å²) in [5.74, 6) is 0.248. The van der Waals surface area contributed by atoms with Gasteiger partial charge in [0.15, 0.2) is 0 Å². The number of carbonyl (C=O) groups excluding carboxylic acids is 1. The Hall–Kier alpha value is -1.51. The van der Waals surface area contributed by atoms with Crippen LogP contribution in [0.2, 0.25) is 10.0 Å². The summed E-state index contributed by atoms with van der Waals surface area (Å²) in [6, 6.07) is 15.1. The van der Waals surface area contributed by atoms with E-state index < -0.39 is 0 Å². The minimum Gasteiger partial charge on any atom is -0.349 e. The third-order valence-electron chi connectivity index (χ3n) is 4.01. The Labute approximate surface area is 134 Å². The second kappa shape index (κ2) is 6.08. The molecule has 3 rings (SSSR count). The third kappa shape index (κ3) is 3.07. The fourth-order valence-corrected chi connectivity index (χ4v) is 3.02. The van der Waals surface area contributed by atoms with Crippen molar-refractivity contribution in [1.29, 1.82) is 0 Å². The summed E-state index contributed by atoms with van der Waals surface area (Å²) in [5, 5.41) is 4.30. The zero-order valence-electron chi connectivity index (χ0n) is 11.4. The molecule has 2 nitrogen and oxygen atoms in total. The molecule has 0 spiro atoms. The highest BCUT2D eigenvalue weighted by Gasteiger charge is 2.33. The van der Waals surface area contributed by atoms with Gasteiger partial charge >= 0.3 is 0 Å². The van der Waals surface area contributed by atoms with Crippen LogP contribution in [-0.2, 0) is 0 Å². The van der Waals surface area contributed by atoms with Crippen molar-refractivity contribution in [1.82, 2.24) is 5.32 Å². The van der Waals surface area contributed by atoms with E-state index in [1.54, 1.807) is 12.1 Å². The lowest BCUT2D eigenvalue weighted by Gasteiger charge is -2.37. The first-order valence-electron chi connectivity index (χ1n) is 6.96. The van der Waals surface area contributed by atoms with Gasteiger partial charge in [-0.05, 0) is 42.7 Å². The number of rotatable bonds is 3. The van der Waals surface area contributed by atoms with Gasteiger partial charge in [0.2, 0.25) is 0 Å². The van der Waals surface area contributed by atoms with Gasteiger partial charge in [-0.15, -0.1) is 0 Å². The molecule has 108 valence electrons. The van der Waals surface area contributed by atoms with Crippen molar-refractivity contribution in [2.24, 2.45) is 0 Å². The second-order valence-electron chi connectivity index (χ2n) is 5.30. The largest absolute Gasteiger partial charge is 0.349 e. The van der Waals surface area contributed by atoms with Crippen LogP contribution in [0.1, 0.15) is 34.7 Å². The van der Waals surface area contributed by atoms with Gasteiger partial charge < -0.3 is 5.32 Å². The van der Waals surface area contributed by atoms with E-state index in [0.717, 1.165) is 17.9 Å². The maximum Gasteiger partial charge on any atom is 0.253 e. The number of amides is 1. The number of halogens is 2. The smallest absolute Gasteiger partial charge is 0.253 e. The van der Waals surface area contributed by atoms with Gasteiger partial charge in [-0.2, -0.15) is 0 Å². The first-order valence-corrected chi connectivity index (χ1v) is 7.71. The third-order valence-corrected chi connectivity index (χ3v) is 4.59. The van der Waals surface area contributed by atoms with Gasteiger partial charge in [0.1, 0.15) is 0 Å². The lowest BCUT2D eigenvalue weighted by atomic mass is 9.75. The number of hydrogen-bond acceptors (Lipinski definition) is 1. The quantitative estimate of drug-likeness (QED) is 0.875. The van der Waals surface area contributed by atoms with Crippen LogP contribution in [0.5, 0.6) is 0 Å². The predicted molar refractivity (Wildman–Crippen MR) is 86.1 cm³/mol. The Morgan fingerprint density at radius 3 is 2.33 bits per heavy atom. The van der Waals surface area contributed by atoms with Crippen molar-refractivity contribution < 1.29 is 4.79 Å². The normalized spacial score (nSPS) is 20.7. The molecule has 1 aliphatic carbocycles. The van der Waals surface area contributed by atoms with Crippen LogP contribution in [0.4, 0.5) is 0 Å². The van der Waals surface area contributed by atoms with E-state index in [2.05, 4.69) is 5.32 Å². The van der Waals surface area contributed by atoms with E-state index in [1.807, 2.05) is 36.4 Å². The molecule has 2 aromatic carbocycles.